The molecule has 9 nitrogen and oxygen atoms in total. The Morgan fingerprint density at radius 3 is 2.86 bits per heavy atom. The number of tetrazole rings is 1. The van der Waals surface area contributed by atoms with Crippen LogP contribution in [0.1, 0.15) is 10.6 Å². The number of carbonyl (C=O) groups excluding carboxylic acids is 1. The summed E-state index contributed by atoms with van der Waals surface area (Å²) in [5.41, 5.74) is 0. The van der Waals surface area contributed by atoms with Gasteiger partial charge in [0.1, 0.15) is 5.75 Å². The number of nitrogens with one attached hydrogen (secondary N) is 2. The van der Waals surface area contributed by atoms with Crippen molar-refractivity contribution in [3.8, 4) is 11.7 Å². The number of nitrogens with zero attached hydrogens (tertiary/aromatic N) is 3. The monoisotopic (exact) mass is 289 g/mol. The second-order valence-corrected chi connectivity index (χ2v) is 4.00. The number of furan rings is 1. The van der Waals surface area contributed by atoms with E-state index < -0.39 is 5.91 Å². The Bertz CT molecular complexity index is 780. The van der Waals surface area contributed by atoms with Gasteiger partial charge in [-0.05, 0) is 17.3 Å². The maximum atomic E-state index is 12.3. The molecule has 0 atom stereocenters. The lowest BCUT2D eigenvalue weighted by Crippen LogP contribution is -2.12. The molecule has 0 radical (unpaired) electrons. The molecule has 1 amide bonds. The lowest BCUT2D eigenvalue weighted by Gasteiger charge is -2.02. The number of rotatable bonds is 4. The highest BCUT2D eigenvalue weighted by Crippen LogP contribution is 2.38. The van der Waals surface area contributed by atoms with Gasteiger partial charge in [-0.15, -0.1) is 5.10 Å². The average molecular weight is 289 g/mol. The number of fused-ring (bicyclic) bond motifs is 1. The number of anilines is 1. The highest BCUT2D eigenvalue weighted by Gasteiger charge is 2.23. The number of ether oxygens (including phenoxy) is 2. The predicted octanol–water partition coefficient (Wildman–Crippen LogP) is 1.22. The molecule has 0 aliphatic heterocycles. The van der Waals surface area contributed by atoms with E-state index in [0.29, 0.717) is 16.5 Å². The first-order valence-electron chi connectivity index (χ1n) is 5.93. The molecule has 3 aromatic rings. The number of methoxy groups -OCH3 is 2. The van der Waals surface area contributed by atoms with E-state index in [1.807, 2.05) is 0 Å². The Labute approximate surface area is 118 Å². The maximum Gasteiger partial charge on any atom is 0.294 e. The number of H-pyrrole nitrogens is 1. The van der Waals surface area contributed by atoms with E-state index >= 15 is 0 Å². The molecule has 2 aromatic heterocycles. The predicted molar refractivity (Wildman–Crippen MR) is 71.4 cm³/mol. The zero-order chi connectivity index (χ0) is 14.8. The molecular formula is C12H11N5O4. The summed E-state index contributed by atoms with van der Waals surface area (Å²) in [4.78, 5) is 12.3. The summed E-state index contributed by atoms with van der Waals surface area (Å²) in [7, 11) is 2.97. The van der Waals surface area contributed by atoms with Crippen LogP contribution in [0.25, 0.3) is 10.8 Å². The summed E-state index contributed by atoms with van der Waals surface area (Å²) in [6, 6.07) is 5.27. The quantitative estimate of drug-likeness (QED) is 0.741. The first kappa shape index (κ1) is 12.9. The fraction of sp³-hybridized carbons (Fsp3) is 0.167. The molecule has 0 aliphatic rings. The fourth-order valence-electron chi connectivity index (χ4n) is 1.99. The van der Waals surface area contributed by atoms with Crippen LogP contribution in [0.3, 0.4) is 0 Å². The smallest absolute Gasteiger partial charge is 0.294 e. The number of hydrogen-bond donors (Lipinski definition) is 2. The maximum absolute atomic E-state index is 12.3. The lowest BCUT2D eigenvalue weighted by atomic mass is 10.1. The highest BCUT2D eigenvalue weighted by molar-refractivity contribution is 6.13. The van der Waals surface area contributed by atoms with Crippen LogP contribution in [0.4, 0.5) is 5.95 Å². The molecule has 1 aromatic carbocycles. The summed E-state index contributed by atoms with van der Waals surface area (Å²) in [5.74, 6) is 0.275. The second kappa shape index (κ2) is 5.12. The molecule has 0 fully saturated rings. The minimum atomic E-state index is -0.533. The van der Waals surface area contributed by atoms with Gasteiger partial charge in [0.25, 0.3) is 17.8 Å². The van der Waals surface area contributed by atoms with Gasteiger partial charge in [-0.2, -0.15) is 5.21 Å². The van der Waals surface area contributed by atoms with Crippen molar-refractivity contribution in [2.24, 2.45) is 0 Å². The van der Waals surface area contributed by atoms with Gasteiger partial charge < -0.3 is 13.9 Å². The van der Waals surface area contributed by atoms with Gasteiger partial charge in [-0.25, -0.2) is 0 Å². The van der Waals surface area contributed by atoms with Crippen molar-refractivity contribution in [1.29, 1.82) is 0 Å². The van der Waals surface area contributed by atoms with E-state index in [1.54, 1.807) is 18.2 Å². The third kappa shape index (κ3) is 2.14. The van der Waals surface area contributed by atoms with Crippen molar-refractivity contribution >= 4 is 22.6 Å². The van der Waals surface area contributed by atoms with Crippen molar-refractivity contribution < 1.29 is 18.7 Å². The van der Waals surface area contributed by atoms with E-state index in [4.69, 9.17) is 13.9 Å². The van der Waals surface area contributed by atoms with Gasteiger partial charge in [0.05, 0.1) is 25.0 Å². The van der Waals surface area contributed by atoms with Crippen LogP contribution < -0.4 is 14.8 Å². The first-order chi connectivity index (χ1) is 10.2. The van der Waals surface area contributed by atoms with Gasteiger partial charge in [0.15, 0.2) is 0 Å². The molecule has 0 aliphatic carbocycles. The van der Waals surface area contributed by atoms with E-state index in [9.17, 15) is 4.79 Å². The van der Waals surface area contributed by atoms with E-state index in [0.717, 1.165) is 0 Å². The van der Waals surface area contributed by atoms with E-state index in [2.05, 4.69) is 25.9 Å². The normalized spacial score (nSPS) is 10.6. The molecule has 0 spiro atoms. The Kier molecular flexibility index (Phi) is 3.14. The summed E-state index contributed by atoms with van der Waals surface area (Å²) in [6.45, 7) is 0. The topological polar surface area (TPSA) is 115 Å². The van der Waals surface area contributed by atoms with Crippen molar-refractivity contribution in [3.63, 3.8) is 0 Å². The van der Waals surface area contributed by atoms with Crippen LogP contribution in [-0.4, -0.2) is 40.8 Å². The standard InChI is InChI=1S/C12H11N5O4/c1-19-7-5-3-4-6-8(7)9(21-11(6)20-2)10(18)13-12-14-16-17-15-12/h3-5H,1-2H3,(H2,13,14,15,16,17,18). The fourth-order valence-corrected chi connectivity index (χ4v) is 1.99. The summed E-state index contributed by atoms with van der Waals surface area (Å²) < 4.78 is 15.9. The summed E-state index contributed by atoms with van der Waals surface area (Å²) in [5, 5.41) is 16.5. The minimum Gasteiger partial charge on any atom is -0.496 e. The van der Waals surface area contributed by atoms with Crippen molar-refractivity contribution in [3.05, 3.63) is 24.0 Å². The third-order valence-electron chi connectivity index (χ3n) is 2.85. The lowest BCUT2D eigenvalue weighted by molar-refractivity contribution is 0.0991. The molecule has 0 saturated carbocycles. The van der Waals surface area contributed by atoms with E-state index in [1.165, 1.54) is 14.2 Å². The Balaban J connectivity index is 2.11. The van der Waals surface area contributed by atoms with Crippen LogP contribution in [0.5, 0.6) is 11.7 Å². The second-order valence-electron chi connectivity index (χ2n) is 4.00. The largest absolute Gasteiger partial charge is 0.496 e. The molecule has 2 heterocycles. The molecule has 0 unspecified atom stereocenters. The zero-order valence-corrected chi connectivity index (χ0v) is 11.2. The number of carbonyl (C=O) groups is 1. The highest BCUT2D eigenvalue weighted by atomic mass is 16.6. The Morgan fingerprint density at radius 2 is 2.19 bits per heavy atom. The molecule has 3 rings (SSSR count). The van der Waals surface area contributed by atoms with Gasteiger partial charge in [0, 0.05) is 0 Å². The van der Waals surface area contributed by atoms with Crippen LogP contribution in [-0.2, 0) is 0 Å². The SMILES string of the molecule is COc1oc(C(=O)Nc2nn[nH]n2)c2c(OC)cccc12. The summed E-state index contributed by atoms with van der Waals surface area (Å²) in [6.07, 6.45) is 0. The van der Waals surface area contributed by atoms with Gasteiger partial charge in [0.2, 0.25) is 5.76 Å². The Hall–Kier alpha value is -3.10. The first-order valence-corrected chi connectivity index (χ1v) is 5.93. The average Bonchev–Trinajstić information content (AvgIpc) is 3.13. The van der Waals surface area contributed by atoms with Crippen LogP contribution in [0, 0.1) is 0 Å². The van der Waals surface area contributed by atoms with Gasteiger partial charge in [-0.3, -0.25) is 10.1 Å². The van der Waals surface area contributed by atoms with E-state index in [-0.39, 0.29) is 17.7 Å². The van der Waals surface area contributed by atoms with Crippen molar-refractivity contribution in [1.82, 2.24) is 20.6 Å². The molecule has 2 N–H and O–H groups in total. The number of benzene rings is 1. The van der Waals surface area contributed by atoms with Gasteiger partial charge >= 0.3 is 0 Å². The molecule has 21 heavy (non-hydrogen) atoms. The van der Waals surface area contributed by atoms with Crippen molar-refractivity contribution in [2.75, 3.05) is 19.5 Å². The van der Waals surface area contributed by atoms with Gasteiger partial charge in [-0.1, -0.05) is 11.2 Å². The molecule has 0 saturated heterocycles. The van der Waals surface area contributed by atoms with Crippen LogP contribution >= 0.6 is 0 Å². The Morgan fingerprint density at radius 1 is 1.33 bits per heavy atom. The van der Waals surface area contributed by atoms with Crippen LogP contribution in [0.2, 0.25) is 0 Å². The molecule has 0 bridgehead atoms. The zero-order valence-electron chi connectivity index (χ0n) is 11.2. The number of aromatic amines is 1. The minimum absolute atomic E-state index is 0.0402. The van der Waals surface area contributed by atoms with Crippen molar-refractivity contribution in [2.45, 2.75) is 0 Å². The summed E-state index contributed by atoms with van der Waals surface area (Å²) >= 11 is 0. The molecule has 9 heteroatoms. The third-order valence-corrected chi connectivity index (χ3v) is 2.85. The van der Waals surface area contributed by atoms with Crippen LogP contribution in [0.15, 0.2) is 22.6 Å². The molecular weight excluding hydrogens is 278 g/mol. The number of hydrogen-bond acceptors (Lipinski definition) is 7. The number of amides is 1. The molecule has 108 valence electrons. The number of aromatic nitrogens is 4.